The van der Waals surface area contributed by atoms with E-state index in [1.165, 1.54) is 0 Å². The van der Waals surface area contributed by atoms with Gasteiger partial charge in [0.05, 0.1) is 23.0 Å². The zero-order valence-electron chi connectivity index (χ0n) is 21.4. The van der Waals surface area contributed by atoms with Crippen LogP contribution in [0.2, 0.25) is 10.0 Å². The number of carboxylic acids is 1. The summed E-state index contributed by atoms with van der Waals surface area (Å²) in [4.78, 5) is 27.1. The zero-order valence-corrected chi connectivity index (χ0v) is 23.7. The third kappa shape index (κ3) is 6.85. The highest BCUT2D eigenvalue weighted by Gasteiger charge is 2.48. The van der Waals surface area contributed by atoms with E-state index in [2.05, 4.69) is 0 Å². The maximum Gasteiger partial charge on any atom is 0.306 e. The van der Waals surface area contributed by atoms with Crippen molar-refractivity contribution >= 4 is 44.9 Å². The van der Waals surface area contributed by atoms with Gasteiger partial charge in [0.1, 0.15) is 12.2 Å². The summed E-state index contributed by atoms with van der Waals surface area (Å²) in [5, 5.41) is 10.5. The van der Waals surface area contributed by atoms with Gasteiger partial charge in [-0.2, -0.15) is 0 Å². The van der Waals surface area contributed by atoms with Gasteiger partial charge < -0.3 is 14.7 Å². The van der Waals surface area contributed by atoms with Crippen molar-refractivity contribution < 1.29 is 27.9 Å². The van der Waals surface area contributed by atoms with Crippen LogP contribution in [0.1, 0.15) is 70.2 Å². The number of carbonyl (C=O) groups excluding carboxylic acids is 1. The molecule has 1 aliphatic heterocycles. The van der Waals surface area contributed by atoms with Gasteiger partial charge in [-0.25, -0.2) is 8.42 Å². The Labute approximate surface area is 228 Å². The van der Waals surface area contributed by atoms with Crippen LogP contribution in [-0.4, -0.2) is 52.9 Å². The minimum absolute atomic E-state index is 0.262. The number of carbonyl (C=O) groups is 2. The summed E-state index contributed by atoms with van der Waals surface area (Å²) < 4.78 is 31.8. The second kappa shape index (κ2) is 11.7. The molecule has 3 rings (SSSR count). The van der Waals surface area contributed by atoms with E-state index in [0.29, 0.717) is 34.0 Å². The van der Waals surface area contributed by atoms with E-state index in [-0.39, 0.29) is 5.75 Å². The highest BCUT2D eigenvalue weighted by atomic mass is 35.5. The number of aliphatic carboxylic acids is 1. The Morgan fingerprint density at radius 1 is 1.08 bits per heavy atom. The van der Waals surface area contributed by atoms with Crippen LogP contribution in [0, 0.1) is 0 Å². The normalized spacial score (nSPS) is 21.6. The van der Waals surface area contributed by atoms with Gasteiger partial charge in [0.2, 0.25) is 0 Å². The Morgan fingerprint density at radius 3 is 2.27 bits per heavy atom. The van der Waals surface area contributed by atoms with Crippen LogP contribution in [0.5, 0.6) is 0 Å². The first-order chi connectivity index (χ1) is 17.2. The second-order valence-corrected chi connectivity index (χ2v) is 13.9. The Balaban J connectivity index is 2.24. The summed E-state index contributed by atoms with van der Waals surface area (Å²) in [5.74, 6) is -2.01. The molecule has 7 nitrogen and oxygen atoms in total. The SMILES string of the molecule is CCC[C@@H](CS(=O)(=O)C(C)(C)C)N1C(=O)[C@H](CC(=O)O)O[C@H](c2cccc(Cl)c2)[C@H]1c1ccc(Cl)cc1. The van der Waals surface area contributed by atoms with E-state index < -0.39 is 57.2 Å². The molecule has 1 heterocycles. The number of amides is 1. The van der Waals surface area contributed by atoms with E-state index >= 15 is 0 Å². The lowest BCUT2D eigenvalue weighted by molar-refractivity contribution is -0.182. The second-order valence-electron chi connectivity index (χ2n) is 10.3. The van der Waals surface area contributed by atoms with Crippen molar-refractivity contribution in [1.82, 2.24) is 4.90 Å². The topological polar surface area (TPSA) is 101 Å². The molecule has 0 radical (unpaired) electrons. The number of hydrogen-bond acceptors (Lipinski definition) is 5. The van der Waals surface area contributed by atoms with Gasteiger partial charge in [0.15, 0.2) is 9.84 Å². The van der Waals surface area contributed by atoms with Gasteiger partial charge in [-0.3, -0.25) is 9.59 Å². The van der Waals surface area contributed by atoms with Crippen molar-refractivity contribution in [2.45, 2.75) is 76.0 Å². The van der Waals surface area contributed by atoms with Crippen LogP contribution in [0.4, 0.5) is 0 Å². The first-order valence-corrected chi connectivity index (χ1v) is 14.6. The highest BCUT2D eigenvalue weighted by molar-refractivity contribution is 7.92. The first-order valence-electron chi connectivity index (χ1n) is 12.2. The van der Waals surface area contributed by atoms with Crippen molar-refractivity contribution in [1.29, 1.82) is 0 Å². The number of benzene rings is 2. The Kier molecular flexibility index (Phi) is 9.32. The first kappa shape index (κ1) is 29.4. The van der Waals surface area contributed by atoms with Crippen molar-refractivity contribution in [2.75, 3.05) is 5.75 Å². The fraction of sp³-hybridized carbons (Fsp3) is 0.481. The molecule has 0 saturated carbocycles. The molecule has 1 fully saturated rings. The predicted molar refractivity (Wildman–Crippen MR) is 145 cm³/mol. The van der Waals surface area contributed by atoms with Crippen molar-refractivity contribution in [3.05, 3.63) is 69.7 Å². The average molecular weight is 571 g/mol. The number of hydrogen-bond donors (Lipinski definition) is 1. The smallest absolute Gasteiger partial charge is 0.306 e. The molecule has 0 aliphatic carbocycles. The highest BCUT2D eigenvalue weighted by Crippen LogP contribution is 2.45. The summed E-state index contributed by atoms with van der Waals surface area (Å²) in [6, 6.07) is 12.5. The van der Waals surface area contributed by atoms with Crippen molar-refractivity contribution in [2.24, 2.45) is 0 Å². The molecule has 10 heteroatoms. The minimum Gasteiger partial charge on any atom is -0.481 e. The number of carboxylic acid groups (broad SMARTS) is 1. The lowest BCUT2D eigenvalue weighted by Gasteiger charge is -2.48. The summed E-state index contributed by atoms with van der Waals surface area (Å²) in [7, 11) is -3.63. The predicted octanol–water partition coefficient (Wildman–Crippen LogP) is 5.86. The molecule has 0 bridgehead atoms. The van der Waals surface area contributed by atoms with E-state index in [0.717, 1.165) is 0 Å². The molecule has 1 saturated heterocycles. The van der Waals surface area contributed by atoms with Gasteiger partial charge in [-0.15, -0.1) is 0 Å². The molecule has 4 atom stereocenters. The molecule has 0 spiro atoms. The Bertz CT molecular complexity index is 1230. The van der Waals surface area contributed by atoms with E-state index in [9.17, 15) is 23.1 Å². The van der Waals surface area contributed by atoms with E-state index in [4.69, 9.17) is 27.9 Å². The van der Waals surface area contributed by atoms with Crippen LogP contribution in [-0.2, 0) is 24.2 Å². The third-order valence-electron chi connectivity index (χ3n) is 6.54. The lowest BCUT2D eigenvalue weighted by atomic mass is 9.89. The fourth-order valence-electron chi connectivity index (χ4n) is 4.54. The number of sulfone groups is 1. The summed E-state index contributed by atoms with van der Waals surface area (Å²) in [6.45, 7) is 6.81. The molecular formula is C27H33Cl2NO6S. The van der Waals surface area contributed by atoms with Gasteiger partial charge in [-0.05, 0) is 62.6 Å². The van der Waals surface area contributed by atoms with Crippen LogP contribution in [0.25, 0.3) is 0 Å². The molecule has 37 heavy (non-hydrogen) atoms. The maximum atomic E-state index is 13.9. The van der Waals surface area contributed by atoms with Crippen LogP contribution in [0.3, 0.4) is 0 Å². The number of rotatable bonds is 9. The third-order valence-corrected chi connectivity index (χ3v) is 9.71. The van der Waals surface area contributed by atoms with Crippen molar-refractivity contribution in [3.63, 3.8) is 0 Å². The van der Waals surface area contributed by atoms with Crippen LogP contribution in [0.15, 0.2) is 48.5 Å². The lowest BCUT2D eigenvalue weighted by Crippen LogP contribution is -2.57. The van der Waals surface area contributed by atoms with Crippen LogP contribution >= 0.6 is 23.2 Å². The van der Waals surface area contributed by atoms with Gasteiger partial charge in [-0.1, -0.05) is 60.8 Å². The van der Waals surface area contributed by atoms with Crippen molar-refractivity contribution in [3.8, 4) is 0 Å². The van der Waals surface area contributed by atoms with Gasteiger partial charge >= 0.3 is 5.97 Å². The largest absolute Gasteiger partial charge is 0.481 e. The molecule has 202 valence electrons. The molecule has 1 aliphatic rings. The maximum absolute atomic E-state index is 13.9. The fourth-order valence-corrected chi connectivity index (χ4v) is 6.20. The van der Waals surface area contributed by atoms with Gasteiger partial charge in [0.25, 0.3) is 5.91 Å². The molecular weight excluding hydrogens is 537 g/mol. The number of halogens is 2. The molecule has 0 unspecified atom stereocenters. The molecule has 1 N–H and O–H groups in total. The molecule has 2 aromatic carbocycles. The number of nitrogens with zero attached hydrogens (tertiary/aromatic N) is 1. The summed E-state index contributed by atoms with van der Waals surface area (Å²) in [6.07, 6.45) is -1.61. The Hall–Kier alpha value is -2.13. The zero-order chi connectivity index (χ0) is 27.5. The molecule has 1 amide bonds. The minimum atomic E-state index is -3.63. The standard InChI is InChI=1S/C27H33Cl2NO6S/c1-5-7-21(16-37(34,35)27(2,3)4)30-24(17-10-12-19(28)13-11-17)25(18-8-6-9-20(29)14-18)36-22(26(30)33)15-23(31)32/h6,8-14,21-22,24-25H,5,7,15-16H2,1-4H3,(H,31,32)/t21-,22-,24+,25+/m0/s1. The number of morpholine rings is 1. The molecule has 2 aromatic rings. The summed E-state index contributed by atoms with van der Waals surface area (Å²) >= 11 is 12.4. The monoisotopic (exact) mass is 569 g/mol. The summed E-state index contributed by atoms with van der Waals surface area (Å²) in [5.41, 5.74) is 1.33. The van der Waals surface area contributed by atoms with Crippen LogP contribution < -0.4 is 0 Å². The Morgan fingerprint density at radius 2 is 1.73 bits per heavy atom. The average Bonchev–Trinajstić information content (AvgIpc) is 2.79. The van der Waals surface area contributed by atoms with E-state index in [1.807, 2.05) is 6.92 Å². The molecule has 0 aromatic heterocycles. The van der Waals surface area contributed by atoms with Gasteiger partial charge in [0, 0.05) is 16.1 Å². The van der Waals surface area contributed by atoms with E-state index in [1.54, 1.807) is 74.2 Å². The quantitative estimate of drug-likeness (QED) is 0.405. The number of ether oxygens (including phenoxy) is 1.